The average Bonchev–Trinajstić information content (AvgIpc) is 2.73. The molecular formula is C29H46O4. The Morgan fingerprint density at radius 1 is 1.09 bits per heavy atom. The monoisotopic (exact) mass is 458 g/mol. The average molecular weight is 459 g/mol. The maximum absolute atomic E-state index is 10.7. The number of hydrogen-bond donors (Lipinski definition) is 1. The van der Waals surface area contributed by atoms with Gasteiger partial charge in [-0.15, -0.1) is 0 Å². The summed E-state index contributed by atoms with van der Waals surface area (Å²) in [7, 11) is 0. The van der Waals surface area contributed by atoms with Crippen molar-refractivity contribution in [2.45, 2.75) is 112 Å². The molecule has 4 nitrogen and oxygen atoms in total. The Kier molecular flexibility index (Phi) is 10.3. The molecule has 2 unspecified atom stereocenters. The molecule has 186 valence electrons. The van der Waals surface area contributed by atoms with E-state index < -0.39 is 5.97 Å². The molecule has 1 N–H and O–H groups in total. The van der Waals surface area contributed by atoms with Crippen LogP contribution in [-0.2, 0) is 11.2 Å². The van der Waals surface area contributed by atoms with Gasteiger partial charge in [-0.2, -0.15) is 0 Å². The molecule has 0 saturated heterocycles. The van der Waals surface area contributed by atoms with Crippen LogP contribution in [-0.4, -0.2) is 23.3 Å². The van der Waals surface area contributed by atoms with Gasteiger partial charge in [0.1, 0.15) is 17.1 Å². The number of carbonyl (C=O) groups is 1. The van der Waals surface area contributed by atoms with Crippen LogP contribution >= 0.6 is 0 Å². The Morgan fingerprint density at radius 3 is 2.48 bits per heavy atom. The predicted octanol–water partition coefficient (Wildman–Crippen LogP) is 7.74. The summed E-state index contributed by atoms with van der Waals surface area (Å²) in [6.07, 6.45) is 13.2. The van der Waals surface area contributed by atoms with Gasteiger partial charge in [0.05, 0.1) is 6.61 Å². The lowest BCUT2D eigenvalue weighted by Crippen LogP contribution is -2.35. The van der Waals surface area contributed by atoms with Crippen LogP contribution in [0.1, 0.15) is 101 Å². The van der Waals surface area contributed by atoms with E-state index in [1.807, 2.05) is 0 Å². The fourth-order valence-corrected chi connectivity index (χ4v) is 4.68. The van der Waals surface area contributed by atoms with Gasteiger partial charge >= 0.3 is 5.97 Å². The van der Waals surface area contributed by atoms with Gasteiger partial charge in [0.15, 0.2) is 0 Å². The number of unbranched alkanes of at least 4 members (excludes halogenated alkanes) is 1. The third-order valence-electron chi connectivity index (χ3n) is 7.04. The zero-order valence-electron chi connectivity index (χ0n) is 22.1. The topological polar surface area (TPSA) is 55.8 Å². The third kappa shape index (κ3) is 8.08. The highest BCUT2D eigenvalue weighted by Gasteiger charge is 2.32. The summed E-state index contributed by atoms with van der Waals surface area (Å²) in [4.78, 5) is 10.7. The second-order valence-electron chi connectivity index (χ2n) is 10.7. The van der Waals surface area contributed by atoms with Gasteiger partial charge in [-0.1, -0.05) is 46.1 Å². The SMILES string of the molecule is Cc1c(C)c2c(c(C)c1OCCCCC(=O)O)CCC(C)(/C=C/CC(C)CCCC(C)C)O2. The van der Waals surface area contributed by atoms with Crippen molar-refractivity contribution in [2.24, 2.45) is 11.8 Å². The maximum Gasteiger partial charge on any atom is 0.303 e. The molecule has 1 heterocycles. The van der Waals surface area contributed by atoms with Crippen molar-refractivity contribution < 1.29 is 19.4 Å². The molecule has 0 bridgehead atoms. The van der Waals surface area contributed by atoms with Crippen molar-refractivity contribution in [3.8, 4) is 11.5 Å². The molecule has 0 radical (unpaired) electrons. The highest BCUT2D eigenvalue weighted by molar-refractivity contribution is 5.66. The summed E-state index contributed by atoms with van der Waals surface area (Å²) < 4.78 is 12.7. The van der Waals surface area contributed by atoms with Crippen LogP contribution in [0.5, 0.6) is 11.5 Å². The van der Waals surface area contributed by atoms with Crippen molar-refractivity contribution in [2.75, 3.05) is 6.61 Å². The minimum Gasteiger partial charge on any atom is -0.493 e. The standard InChI is InChI=1S/C29H46O4/c1-20(2)12-10-13-21(3)14-11-17-29(7)18-16-25-24(6)27(22(4)23(5)28(25)33-29)32-19-9-8-15-26(30)31/h11,17,20-21H,8-10,12-16,18-19H2,1-7H3,(H,30,31)/b17-11+. The summed E-state index contributed by atoms with van der Waals surface area (Å²) in [5.74, 6) is 2.72. The van der Waals surface area contributed by atoms with Crippen LogP contribution < -0.4 is 9.47 Å². The molecule has 1 aromatic carbocycles. The molecule has 0 fully saturated rings. The minimum absolute atomic E-state index is 0.196. The van der Waals surface area contributed by atoms with Crippen LogP contribution in [0.3, 0.4) is 0 Å². The smallest absolute Gasteiger partial charge is 0.303 e. The number of fused-ring (bicyclic) bond motifs is 1. The molecule has 0 saturated carbocycles. The van der Waals surface area contributed by atoms with E-state index in [0.29, 0.717) is 18.9 Å². The van der Waals surface area contributed by atoms with E-state index in [1.54, 1.807) is 0 Å². The van der Waals surface area contributed by atoms with Crippen LogP contribution in [0.25, 0.3) is 0 Å². The second kappa shape index (κ2) is 12.5. The number of aliphatic carboxylic acids is 1. The summed E-state index contributed by atoms with van der Waals surface area (Å²) >= 11 is 0. The van der Waals surface area contributed by atoms with Gasteiger partial charge < -0.3 is 14.6 Å². The van der Waals surface area contributed by atoms with Crippen LogP contribution in [0.2, 0.25) is 0 Å². The van der Waals surface area contributed by atoms with Crippen LogP contribution in [0, 0.1) is 32.6 Å². The first-order valence-corrected chi connectivity index (χ1v) is 12.9. The fourth-order valence-electron chi connectivity index (χ4n) is 4.68. The molecule has 2 atom stereocenters. The van der Waals surface area contributed by atoms with E-state index >= 15 is 0 Å². The molecule has 0 aromatic heterocycles. The van der Waals surface area contributed by atoms with Crippen molar-refractivity contribution in [3.63, 3.8) is 0 Å². The van der Waals surface area contributed by atoms with Gasteiger partial charge in [0.25, 0.3) is 0 Å². The zero-order chi connectivity index (χ0) is 24.6. The minimum atomic E-state index is -0.748. The van der Waals surface area contributed by atoms with E-state index in [1.165, 1.54) is 24.8 Å². The number of hydrogen-bond acceptors (Lipinski definition) is 3. The van der Waals surface area contributed by atoms with Crippen molar-refractivity contribution in [1.29, 1.82) is 0 Å². The lowest BCUT2D eigenvalue weighted by molar-refractivity contribution is -0.137. The normalized spacial score (nSPS) is 18.9. The first kappa shape index (κ1) is 27.3. The molecule has 2 rings (SSSR count). The third-order valence-corrected chi connectivity index (χ3v) is 7.04. The second-order valence-corrected chi connectivity index (χ2v) is 10.7. The van der Waals surface area contributed by atoms with Crippen LogP contribution in [0.15, 0.2) is 12.2 Å². The molecule has 0 amide bonds. The highest BCUT2D eigenvalue weighted by atomic mass is 16.5. The van der Waals surface area contributed by atoms with E-state index in [0.717, 1.165) is 59.8 Å². The van der Waals surface area contributed by atoms with Gasteiger partial charge in [0, 0.05) is 12.0 Å². The van der Waals surface area contributed by atoms with Crippen molar-refractivity contribution in [3.05, 3.63) is 34.4 Å². The first-order chi connectivity index (χ1) is 15.5. The Labute approximate surface area is 201 Å². The predicted molar refractivity (Wildman–Crippen MR) is 137 cm³/mol. The fraction of sp³-hybridized carbons (Fsp3) is 0.690. The first-order valence-electron chi connectivity index (χ1n) is 12.9. The summed E-state index contributed by atoms with van der Waals surface area (Å²) in [6, 6.07) is 0. The molecule has 33 heavy (non-hydrogen) atoms. The molecular weight excluding hydrogens is 412 g/mol. The van der Waals surface area contributed by atoms with Gasteiger partial charge in [0.2, 0.25) is 0 Å². The molecule has 1 aromatic rings. The van der Waals surface area contributed by atoms with E-state index in [2.05, 4.69) is 60.6 Å². The molecule has 1 aliphatic rings. The largest absolute Gasteiger partial charge is 0.493 e. The number of rotatable bonds is 13. The maximum atomic E-state index is 10.7. The van der Waals surface area contributed by atoms with Gasteiger partial charge in [-0.25, -0.2) is 0 Å². The highest BCUT2D eigenvalue weighted by Crippen LogP contribution is 2.44. The Morgan fingerprint density at radius 2 is 1.82 bits per heavy atom. The Bertz CT molecular complexity index is 824. The number of ether oxygens (including phenoxy) is 2. The van der Waals surface area contributed by atoms with Crippen molar-refractivity contribution in [1.82, 2.24) is 0 Å². The van der Waals surface area contributed by atoms with Gasteiger partial charge in [-0.3, -0.25) is 4.79 Å². The molecule has 4 heteroatoms. The number of allylic oxidation sites excluding steroid dienone is 1. The van der Waals surface area contributed by atoms with E-state index in [-0.39, 0.29) is 12.0 Å². The number of carboxylic acid groups (broad SMARTS) is 1. The lowest BCUT2D eigenvalue weighted by Gasteiger charge is -2.36. The van der Waals surface area contributed by atoms with Crippen molar-refractivity contribution >= 4 is 5.97 Å². The van der Waals surface area contributed by atoms with Gasteiger partial charge in [-0.05, 0) is 94.4 Å². The summed E-state index contributed by atoms with van der Waals surface area (Å²) in [5.41, 5.74) is 4.42. The van der Waals surface area contributed by atoms with E-state index in [9.17, 15) is 4.79 Å². The zero-order valence-corrected chi connectivity index (χ0v) is 22.1. The Balaban J connectivity index is 2.02. The quantitative estimate of drug-likeness (QED) is 0.243. The Hall–Kier alpha value is -1.97. The van der Waals surface area contributed by atoms with E-state index in [4.69, 9.17) is 14.6 Å². The number of benzene rings is 1. The molecule has 1 aliphatic heterocycles. The molecule has 0 spiro atoms. The number of carboxylic acids is 1. The summed E-state index contributed by atoms with van der Waals surface area (Å²) in [6.45, 7) is 16.0. The van der Waals surface area contributed by atoms with Crippen LogP contribution in [0.4, 0.5) is 0 Å². The lowest BCUT2D eigenvalue weighted by atomic mass is 9.86. The molecule has 0 aliphatic carbocycles. The summed E-state index contributed by atoms with van der Waals surface area (Å²) in [5, 5.41) is 8.80.